The predicted molar refractivity (Wildman–Crippen MR) is 356 cm³/mol. The van der Waals surface area contributed by atoms with Crippen molar-refractivity contribution in [2.24, 2.45) is 0 Å². The molecule has 0 amide bonds. The molecular formula is C80H60N6. The van der Waals surface area contributed by atoms with Gasteiger partial charge in [-0.25, -0.2) is 0 Å². The van der Waals surface area contributed by atoms with Crippen LogP contribution in [0.25, 0.3) is 132 Å². The lowest BCUT2D eigenvalue weighted by Gasteiger charge is -2.37. The van der Waals surface area contributed by atoms with Crippen LogP contribution in [0.5, 0.6) is 0 Å². The molecule has 4 aromatic heterocycles. The van der Waals surface area contributed by atoms with Crippen molar-refractivity contribution in [3.05, 3.63) is 253 Å². The van der Waals surface area contributed by atoms with Crippen LogP contribution in [-0.2, 0) is 0 Å². The maximum absolute atomic E-state index is 10.6. The molecule has 17 rings (SSSR count). The van der Waals surface area contributed by atoms with Gasteiger partial charge in [-0.05, 0) is 145 Å². The fourth-order valence-corrected chi connectivity index (χ4v) is 16.0. The van der Waals surface area contributed by atoms with Crippen LogP contribution >= 0.6 is 0 Å². The van der Waals surface area contributed by atoms with Gasteiger partial charge in [-0.1, -0.05) is 184 Å². The summed E-state index contributed by atoms with van der Waals surface area (Å²) in [7, 11) is 0. The molecule has 4 heterocycles. The summed E-state index contributed by atoms with van der Waals surface area (Å²) in [5.41, 5.74) is 22.7. The number of hydrogen-bond acceptors (Lipinski definition) is 2. The van der Waals surface area contributed by atoms with Crippen molar-refractivity contribution >= 4 is 87.2 Å². The van der Waals surface area contributed by atoms with Crippen LogP contribution in [0.1, 0.15) is 98.3 Å². The molecule has 15 aromatic rings. The molecule has 0 saturated heterocycles. The first-order valence-corrected chi connectivity index (χ1v) is 30.9. The third-order valence-electron chi connectivity index (χ3n) is 19.6. The number of fused-ring (bicyclic) bond motifs is 14. The Labute approximate surface area is 499 Å². The van der Waals surface area contributed by atoms with Gasteiger partial charge in [0, 0.05) is 65.6 Å². The van der Waals surface area contributed by atoms with Gasteiger partial charge in [-0.2, -0.15) is 10.5 Å². The number of hydrogen-bond donors (Lipinski definition) is 0. The standard InChI is InChI=1S/C80H60N6/c81-49-51-37-41-55(42-38-51)73-71(53-21-5-1-6-22-53)79(85-65-33-17-13-29-59(65)61-45-47-69-75(77(61)85)63-31-15-19-35-67(63)83(69)57-25-9-3-10-26-57)72(54-23-7-2-8-24-54)74(56-43-39-52(50-82)40-44-56)80(73)86-66-34-18-14-30-60(66)62-46-48-70-76(78(62)86)64-32-16-20-36-68(64)84(70)58-27-11-4-12-28-58/h3-4,9-20,25-48,53-54H,1-2,5-8,21-24H2. The van der Waals surface area contributed by atoms with E-state index in [4.69, 9.17) is 0 Å². The highest BCUT2D eigenvalue weighted by atomic mass is 15.0. The molecule has 0 atom stereocenters. The van der Waals surface area contributed by atoms with Gasteiger partial charge in [0.05, 0.1) is 78.8 Å². The van der Waals surface area contributed by atoms with Gasteiger partial charge in [-0.15, -0.1) is 0 Å². The molecule has 6 nitrogen and oxygen atoms in total. The monoisotopic (exact) mass is 1100 g/mol. The molecule has 0 N–H and O–H groups in total. The van der Waals surface area contributed by atoms with E-state index < -0.39 is 0 Å². The third-order valence-corrected chi connectivity index (χ3v) is 19.6. The predicted octanol–water partition coefficient (Wildman–Crippen LogP) is 21.2. The Morgan fingerprint density at radius 2 is 0.640 bits per heavy atom. The van der Waals surface area contributed by atoms with Gasteiger partial charge in [0.15, 0.2) is 0 Å². The quantitative estimate of drug-likeness (QED) is 0.152. The SMILES string of the molecule is N#Cc1ccc(-c2c(C3CCCCC3)c(-n3c4ccccc4c4ccc5c(c6ccccc6n5-c5ccccc5)c43)c(C3CCCCC3)c(-c3ccc(C#N)cc3)c2-n2c3ccccc3c3ccc4c(c5ccccc5n4-c4ccccc4)c32)cc1. The maximum atomic E-state index is 10.6. The van der Waals surface area contributed by atoms with E-state index in [0.717, 1.165) is 96.1 Å². The highest BCUT2D eigenvalue weighted by Gasteiger charge is 2.38. The fourth-order valence-electron chi connectivity index (χ4n) is 16.0. The van der Waals surface area contributed by atoms with Crippen molar-refractivity contribution in [1.29, 1.82) is 10.5 Å². The molecule has 2 fully saturated rings. The molecule has 2 aliphatic carbocycles. The van der Waals surface area contributed by atoms with Crippen molar-refractivity contribution in [2.45, 2.75) is 76.0 Å². The van der Waals surface area contributed by atoms with E-state index in [0.29, 0.717) is 11.1 Å². The number of rotatable bonds is 8. The second-order valence-corrected chi connectivity index (χ2v) is 24.1. The topological polar surface area (TPSA) is 67.3 Å². The highest BCUT2D eigenvalue weighted by molar-refractivity contribution is 6.28. The van der Waals surface area contributed by atoms with Crippen LogP contribution < -0.4 is 0 Å². The minimum absolute atomic E-state index is 0.190. The first-order chi connectivity index (χ1) is 42.7. The fraction of sp³-hybridized carbons (Fsp3) is 0.150. The Bertz CT molecular complexity index is 5200. The summed E-state index contributed by atoms with van der Waals surface area (Å²) in [5, 5.41) is 30.9. The van der Waals surface area contributed by atoms with Crippen LogP contribution in [0, 0.1) is 22.7 Å². The summed E-state index contributed by atoms with van der Waals surface area (Å²) in [6.45, 7) is 0. The number of para-hydroxylation sites is 6. The smallest absolute Gasteiger partial charge is 0.0991 e. The molecule has 0 radical (unpaired) electrons. The third kappa shape index (κ3) is 7.49. The lowest BCUT2D eigenvalue weighted by molar-refractivity contribution is 0.435. The lowest BCUT2D eigenvalue weighted by Crippen LogP contribution is -2.20. The van der Waals surface area contributed by atoms with Gasteiger partial charge in [0.2, 0.25) is 0 Å². The zero-order valence-electron chi connectivity index (χ0n) is 47.8. The van der Waals surface area contributed by atoms with Crippen molar-refractivity contribution in [3.8, 4) is 57.1 Å². The summed E-state index contributed by atoms with van der Waals surface area (Å²) in [4.78, 5) is 0. The Kier molecular flexibility index (Phi) is 11.8. The lowest BCUT2D eigenvalue weighted by atomic mass is 9.72. The van der Waals surface area contributed by atoms with E-state index in [1.54, 1.807) is 0 Å². The van der Waals surface area contributed by atoms with E-state index in [-0.39, 0.29) is 11.8 Å². The van der Waals surface area contributed by atoms with Crippen molar-refractivity contribution in [1.82, 2.24) is 18.3 Å². The molecule has 0 aliphatic heterocycles. The average Bonchev–Trinajstić information content (AvgIpc) is 1.52. The van der Waals surface area contributed by atoms with E-state index >= 15 is 0 Å². The van der Waals surface area contributed by atoms with Crippen molar-refractivity contribution < 1.29 is 0 Å². The Morgan fingerprint density at radius 1 is 0.291 bits per heavy atom. The second kappa shape index (κ2) is 20.2. The normalized spacial score (nSPS) is 14.4. The maximum Gasteiger partial charge on any atom is 0.0991 e. The Balaban J connectivity index is 1.16. The zero-order valence-corrected chi connectivity index (χ0v) is 47.8. The van der Waals surface area contributed by atoms with Gasteiger partial charge >= 0.3 is 0 Å². The minimum Gasteiger partial charge on any atom is -0.309 e. The van der Waals surface area contributed by atoms with Gasteiger partial charge in [0.1, 0.15) is 0 Å². The molecule has 11 aromatic carbocycles. The molecule has 0 spiro atoms. The first-order valence-electron chi connectivity index (χ1n) is 30.9. The molecule has 6 heteroatoms. The minimum atomic E-state index is 0.190. The van der Waals surface area contributed by atoms with Gasteiger partial charge < -0.3 is 18.3 Å². The largest absolute Gasteiger partial charge is 0.309 e. The van der Waals surface area contributed by atoms with Crippen LogP contribution in [0.15, 0.2) is 231 Å². The van der Waals surface area contributed by atoms with E-state index in [2.05, 4.69) is 237 Å². The summed E-state index contributed by atoms with van der Waals surface area (Å²) in [6, 6.07) is 89.7. The highest BCUT2D eigenvalue weighted by Crippen LogP contribution is 2.57. The second-order valence-electron chi connectivity index (χ2n) is 24.1. The van der Waals surface area contributed by atoms with E-state index in [1.165, 1.54) is 111 Å². The van der Waals surface area contributed by atoms with Gasteiger partial charge in [-0.3, -0.25) is 0 Å². The Morgan fingerprint density at radius 3 is 1.03 bits per heavy atom. The van der Waals surface area contributed by atoms with Gasteiger partial charge in [0.25, 0.3) is 0 Å². The summed E-state index contributed by atoms with van der Waals surface area (Å²) >= 11 is 0. The van der Waals surface area contributed by atoms with Crippen molar-refractivity contribution in [3.63, 3.8) is 0 Å². The number of nitriles is 2. The summed E-state index contributed by atoms with van der Waals surface area (Å²) < 4.78 is 10.4. The van der Waals surface area contributed by atoms with E-state index in [1.807, 2.05) is 24.3 Å². The first kappa shape index (κ1) is 50.1. The molecule has 0 bridgehead atoms. The van der Waals surface area contributed by atoms with Crippen LogP contribution in [0.2, 0.25) is 0 Å². The molecule has 2 aliphatic rings. The average molecular weight is 1110 g/mol. The molecular weight excluding hydrogens is 1040 g/mol. The number of benzene rings is 11. The van der Waals surface area contributed by atoms with Crippen LogP contribution in [-0.4, -0.2) is 18.3 Å². The van der Waals surface area contributed by atoms with Crippen LogP contribution in [0.3, 0.4) is 0 Å². The molecule has 0 unspecified atom stereocenters. The molecule has 2 saturated carbocycles. The number of nitrogens with zero attached hydrogens (tertiary/aromatic N) is 6. The Hall–Kier alpha value is -10.4. The summed E-state index contributed by atoms with van der Waals surface area (Å²) in [6.07, 6.45) is 11.2. The van der Waals surface area contributed by atoms with Crippen molar-refractivity contribution in [2.75, 3.05) is 0 Å². The summed E-state index contributed by atoms with van der Waals surface area (Å²) in [5.74, 6) is 0.379. The molecule has 410 valence electrons. The number of aromatic nitrogens is 4. The van der Waals surface area contributed by atoms with Crippen LogP contribution in [0.4, 0.5) is 0 Å². The zero-order chi connectivity index (χ0) is 57.0. The van der Waals surface area contributed by atoms with E-state index in [9.17, 15) is 10.5 Å². The molecule has 86 heavy (non-hydrogen) atoms.